The molecule has 0 aromatic rings. The average Bonchev–Trinajstić information content (AvgIpc) is 2.04. The average molecular weight is 158 g/mol. The summed E-state index contributed by atoms with van der Waals surface area (Å²) in [4.78, 5) is 10.5. The number of carbonyl (C=O) groups excluding carboxylic acids is 1. The fourth-order valence-electron chi connectivity index (χ4n) is 0.353. The number of nitrogens with one attached hydrogen (secondary N) is 2. The molecule has 0 aliphatic carbocycles. The van der Waals surface area contributed by atoms with Gasteiger partial charge in [-0.3, -0.25) is 0 Å². The Morgan fingerprint density at radius 3 is 2.91 bits per heavy atom. The van der Waals surface area contributed by atoms with Crippen molar-refractivity contribution in [3.63, 3.8) is 0 Å². The van der Waals surface area contributed by atoms with Crippen LogP contribution in [-0.2, 0) is 0 Å². The van der Waals surface area contributed by atoms with Crippen molar-refractivity contribution in [2.75, 3.05) is 7.05 Å². The molecule has 64 valence electrons. The number of amides is 2. The van der Waals surface area contributed by atoms with Crippen LogP contribution in [0.25, 0.3) is 0 Å². The van der Waals surface area contributed by atoms with E-state index in [2.05, 4.69) is 15.8 Å². The minimum atomic E-state index is -0.343. The van der Waals surface area contributed by atoms with E-state index in [1.165, 1.54) is 13.3 Å². The molecule has 2 amide bonds. The third-order valence-corrected chi connectivity index (χ3v) is 1.13. The smallest absolute Gasteiger partial charge is 0.334 e. The van der Waals surface area contributed by atoms with Crippen LogP contribution in [0.15, 0.2) is 5.10 Å². The molecule has 0 saturated heterocycles. The summed E-state index contributed by atoms with van der Waals surface area (Å²) in [6.45, 7) is 1.94. The van der Waals surface area contributed by atoms with Crippen LogP contribution in [0.5, 0.6) is 0 Å². The Labute approximate surface area is 66.0 Å². The molecule has 5 nitrogen and oxygen atoms in total. The third-order valence-electron chi connectivity index (χ3n) is 1.13. The van der Waals surface area contributed by atoms with Gasteiger partial charge in [-0.15, -0.1) is 0 Å². The van der Waals surface area contributed by atoms with Gasteiger partial charge in [-0.25, -0.2) is 10.2 Å². The van der Waals surface area contributed by atoms with Crippen LogP contribution in [0.2, 0.25) is 0 Å². The first-order chi connectivity index (χ1) is 5.20. The molecule has 0 bridgehead atoms. The molecule has 0 rings (SSSR count). The Hall–Kier alpha value is -1.10. The molecule has 0 spiro atoms. The van der Waals surface area contributed by atoms with E-state index in [-0.39, 0.29) is 12.1 Å². The van der Waals surface area contributed by atoms with Gasteiger partial charge < -0.3 is 11.1 Å². The first-order valence-corrected chi connectivity index (χ1v) is 3.47. The van der Waals surface area contributed by atoms with Gasteiger partial charge in [0, 0.05) is 19.3 Å². The second-order valence-electron chi connectivity index (χ2n) is 2.04. The summed E-state index contributed by atoms with van der Waals surface area (Å²) < 4.78 is 0. The summed E-state index contributed by atoms with van der Waals surface area (Å²) >= 11 is 0. The molecule has 0 saturated carbocycles. The fraction of sp³-hybridized carbons (Fsp3) is 0.667. The number of hydrogen-bond acceptors (Lipinski definition) is 3. The van der Waals surface area contributed by atoms with Crippen molar-refractivity contribution in [2.24, 2.45) is 10.8 Å². The monoisotopic (exact) mass is 158 g/mol. The van der Waals surface area contributed by atoms with Crippen LogP contribution >= 0.6 is 0 Å². The normalized spacial score (nSPS) is 13.0. The Balaban J connectivity index is 3.51. The standard InChI is InChI=1S/C6H14N4O/c1-3-5(7)4-9-10-6(11)8-2/h4-5H,3,7H2,1-2H3,(H2,8,10,11)/b9-4+. The SMILES string of the molecule is CCC(N)/C=N/NC(=O)NC. The van der Waals surface area contributed by atoms with E-state index in [4.69, 9.17) is 5.73 Å². The van der Waals surface area contributed by atoms with Crippen molar-refractivity contribution in [1.29, 1.82) is 0 Å². The summed E-state index contributed by atoms with van der Waals surface area (Å²) in [5.41, 5.74) is 7.72. The van der Waals surface area contributed by atoms with E-state index in [1.54, 1.807) is 0 Å². The van der Waals surface area contributed by atoms with E-state index in [0.29, 0.717) is 0 Å². The zero-order valence-electron chi connectivity index (χ0n) is 6.79. The van der Waals surface area contributed by atoms with Gasteiger partial charge in [0.1, 0.15) is 0 Å². The van der Waals surface area contributed by atoms with Gasteiger partial charge in [-0.1, -0.05) is 6.92 Å². The van der Waals surface area contributed by atoms with Gasteiger partial charge in [0.05, 0.1) is 0 Å². The molecule has 11 heavy (non-hydrogen) atoms. The van der Waals surface area contributed by atoms with E-state index in [1.807, 2.05) is 6.92 Å². The molecule has 0 aromatic carbocycles. The predicted octanol–water partition coefficient (Wildman–Crippen LogP) is -0.361. The van der Waals surface area contributed by atoms with Gasteiger partial charge in [0.25, 0.3) is 0 Å². The maximum absolute atomic E-state index is 10.5. The van der Waals surface area contributed by atoms with Crippen molar-refractivity contribution in [3.05, 3.63) is 0 Å². The van der Waals surface area contributed by atoms with Gasteiger partial charge in [-0.2, -0.15) is 5.10 Å². The zero-order chi connectivity index (χ0) is 8.69. The van der Waals surface area contributed by atoms with Crippen LogP contribution in [0, 0.1) is 0 Å². The van der Waals surface area contributed by atoms with Crippen LogP contribution in [0.4, 0.5) is 4.79 Å². The van der Waals surface area contributed by atoms with E-state index in [9.17, 15) is 4.79 Å². The molecular weight excluding hydrogens is 144 g/mol. The molecule has 4 N–H and O–H groups in total. The number of nitrogens with two attached hydrogens (primary N) is 1. The molecule has 0 radical (unpaired) electrons. The van der Waals surface area contributed by atoms with Crippen molar-refractivity contribution < 1.29 is 4.79 Å². The van der Waals surface area contributed by atoms with E-state index < -0.39 is 0 Å². The number of nitrogens with zero attached hydrogens (tertiary/aromatic N) is 1. The lowest BCUT2D eigenvalue weighted by Gasteiger charge is -1.99. The minimum absolute atomic E-state index is 0.0906. The molecule has 0 aliphatic heterocycles. The highest BCUT2D eigenvalue weighted by atomic mass is 16.2. The molecule has 0 aromatic heterocycles. The number of urea groups is 1. The number of carbonyl (C=O) groups is 1. The lowest BCUT2D eigenvalue weighted by Crippen LogP contribution is -2.30. The second kappa shape index (κ2) is 5.67. The topological polar surface area (TPSA) is 79.5 Å². The molecule has 5 heteroatoms. The first kappa shape index (κ1) is 9.90. The third kappa shape index (κ3) is 5.35. The number of hydrazone groups is 1. The van der Waals surface area contributed by atoms with Crippen LogP contribution in [0.3, 0.4) is 0 Å². The quantitative estimate of drug-likeness (QED) is 0.387. The molecule has 0 heterocycles. The lowest BCUT2D eigenvalue weighted by atomic mass is 10.3. The number of hydrogen-bond donors (Lipinski definition) is 3. The highest BCUT2D eigenvalue weighted by Crippen LogP contribution is 1.78. The number of rotatable bonds is 3. The molecule has 1 atom stereocenters. The summed E-state index contributed by atoms with van der Waals surface area (Å²) in [6.07, 6.45) is 2.30. The van der Waals surface area contributed by atoms with Crippen LogP contribution in [-0.4, -0.2) is 25.3 Å². The van der Waals surface area contributed by atoms with Crippen LogP contribution in [0.1, 0.15) is 13.3 Å². The zero-order valence-corrected chi connectivity index (χ0v) is 6.79. The Morgan fingerprint density at radius 1 is 1.82 bits per heavy atom. The van der Waals surface area contributed by atoms with Gasteiger partial charge in [0.15, 0.2) is 0 Å². The van der Waals surface area contributed by atoms with E-state index >= 15 is 0 Å². The van der Waals surface area contributed by atoms with Crippen molar-refractivity contribution in [1.82, 2.24) is 10.7 Å². The fourth-order valence-corrected chi connectivity index (χ4v) is 0.353. The van der Waals surface area contributed by atoms with Gasteiger partial charge in [0.2, 0.25) is 0 Å². The van der Waals surface area contributed by atoms with Gasteiger partial charge in [-0.05, 0) is 6.42 Å². The van der Waals surface area contributed by atoms with Crippen molar-refractivity contribution in [3.8, 4) is 0 Å². The first-order valence-electron chi connectivity index (χ1n) is 3.47. The Bertz CT molecular complexity index is 146. The molecule has 0 aliphatic rings. The van der Waals surface area contributed by atoms with Crippen molar-refractivity contribution >= 4 is 12.2 Å². The summed E-state index contributed by atoms with van der Waals surface area (Å²) in [7, 11) is 1.52. The molecule has 0 fully saturated rings. The van der Waals surface area contributed by atoms with E-state index in [0.717, 1.165) is 6.42 Å². The Morgan fingerprint density at radius 2 is 2.45 bits per heavy atom. The highest BCUT2D eigenvalue weighted by molar-refractivity contribution is 5.75. The van der Waals surface area contributed by atoms with Gasteiger partial charge >= 0.3 is 6.03 Å². The second-order valence-corrected chi connectivity index (χ2v) is 2.04. The maximum Gasteiger partial charge on any atom is 0.334 e. The highest BCUT2D eigenvalue weighted by Gasteiger charge is 1.93. The summed E-state index contributed by atoms with van der Waals surface area (Å²) in [5, 5.41) is 5.95. The predicted molar refractivity (Wildman–Crippen MR) is 44.3 cm³/mol. The Kier molecular flexibility index (Phi) is 5.10. The minimum Gasteiger partial charge on any atom is -0.340 e. The largest absolute Gasteiger partial charge is 0.340 e. The summed E-state index contributed by atoms with van der Waals surface area (Å²) in [5.74, 6) is 0. The lowest BCUT2D eigenvalue weighted by molar-refractivity contribution is 0.243. The van der Waals surface area contributed by atoms with Crippen LogP contribution < -0.4 is 16.5 Å². The molecular formula is C6H14N4O. The molecule has 1 unspecified atom stereocenters. The van der Waals surface area contributed by atoms with Crippen molar-refractivity contribution in [2.45, 2.75) is 19.4 Å². The maximum atomic E-state index is 10.5. The summed E-state index contributed by atoms with van der Waals surface area (Å²) in [6, 6.07) is -0.434.